The summed E-state index contributed by atoms with van der Waals surface area (Å²) in [5.41, 5.74) is 0.936. The molecule has 0 radical (unpaired) electrons. The molecule has 1 heterocycles. The first kappa shape index (κ1) is 16.2. The quantitative estimate of drug-likeness (QED) is 0.863. The summed E-state index contributed by atoms with van der Waals surface area (Å²) < 4.78 is 31.7. The lowest BCUT2D eigenvalue weighted by molar-refractivity contribution is -0.133. The van der Waals surface area contributed by atoms with Crippen LogP contribution in [0.15, 0.2) is 48.5 Å². The molecule has 3 rings (SSSR count). The van der Waals surface area contributed by atoms with Crippen LogP contribution in [0.25, 0.3) is 0 Å². The average molecular weight is 332 g/mol. The summed E-state index contributed by atoms with van der Waals surface area (Å²) in [6.07, 6.45) is 0. The van der Waals surface area contributed by atoms with Gasteiger partial charge in [-0.05, 0) is 36.4 Å². The molecule has 1 saturated heterocycles. The molecule has 0 bridgehead atoms. The molecular formula is C18H18F2N2O2. The van der Waals surface area contributed by atoms with Crippen LogP contribution >= 0.6 is 0 Å². The maximum atomic E-state index is 13.5. The highest BCUT2D eigenvalue weighted by atomic mass is 19.1. The van der Waals surface area contributed by atoms with Crippen LogP contribution in [0, 0.1) is 11.6 Å². The summed E-state index contributed by atoms with van der Waals surface area (Å²) in [7, 11) is 0. The fourth-order valence-corrected chi connectivity index (χ4v) is 2.66. The minimum absolute atomic E-state index is 0.0794. The highest BCUT2D eigenvalue weighted by molar-refractivity contribution is 5.78. The van der Waals surface area contributed by atoms with Crippen molar-refractivity contribution in [2.24, 2.45) is 0 Å². The summed E-state index contributed by atoms with van der Waals surface area (Å²) in [4.78, 5) is 16.0. The van der Waals surface area contributed by atoms with Gasteiger partial charge in [-0.3, -0.25) is 4.79 Å². The number of nitrogens with zero attached hydrogens (tertiary/aromatic N) is 2. The SMILES string of the molecule is O=C(COc1ccccc1F)N1CCN(c2ccc(F)cc2)CC1. The van der Waals surface area contributed by atoms with Crippen molar-refractivity contribution in [2.45, 2.75) is 0 Å². The number of hydrogen-bond donors (Lipinski definition) is 0. The number of piperazine rings is 1. The van der Waals surface area contributed by atoms with E-state index in [0.717, 1.165) is 5.69 Å². The molecular weight excluding hydrogens is 314 g/mol. The molecule has 0 N–H and O–H groups in total. The van der Waals surface area contributed by atoms with Crippen molar-refractivity contribution in [3.63, 3.8) is 0 Å². The van der Waals surface area contributed by atoms with E-state index in [1.54, 1.807) is 29.2 Å². The monoisotopic (exact) mass is 332 g/mol. The zero-order valence-corrected chi connectivity index (χ0v) is 13.1. The Hall–Kier alpha value is -2.63. The summed E-state index contributed by atoms with van der Waals surface area (Å²) in [6, 6.07) is 12.3. The van der Waals surface area contributed by atoms with E-state index in [1.165, 1.54) is 24.3 Å². The van der Waals surface area contributed by atoms with E-state index in [9.17, 15) is 13.6 Å². The van der Waals surface area contributed by atoms with Crippen LogP contribution in [0.5, 0.6) is 5.75 Å². The minimum atomic E-state index is -0.480. The Balaban J connectivity index is 1.50. The van der Waals surface area contributed by atoms with E-state index < -0.39 is 5.82 Å². The van der Waals surface area contributed by atoms with Gasteiger partial charge in [-0.15, -0.1) is 0 Å². The van der Waals surface area contributed by atoms with Gasteiger partial charge in [0.1, 0.15) is 5.82 Å². The van der Waals surface area contributed by atoms with Crippen molar-refractivity contribution >= 4 is 11.6 Å². The Kier molecular flexibility index (Phi) is 4.93. The first-order valence-electron chi connectivity index (χ1n) is 7.79. The van der Waals surface area contributed by atoms with Gasteiger partial charge >= 0.3 is 0 Å². The maximum Gasteiger partial charge on any atom is 0.260 e. The highest BCUT2D eigenvalue weighted by Crippen LogP contribution is 2.18. The molecule has 1 amide bonds. The Morgan fingerprint density at radius 3 is 2.29 bits per heavy atom. The lowest BCUT2D eigenvalue weighted by atomic mass is 10.2. The number of anilines is 1. The first-order valence-corrected chi connectivity index (χ1v) is 7.79. The Morgan fingerprint density at radius 1 is 0.958 bits per heavy atom. The zero-order valence-electron chi connectivity index (χ0n) is 13.1. The Bertz CT molecular complexity index is 698. The molecule has 2 aromatic carbocycles. The van der Waals surface area contributed by atoms with Gasteiger partial charge in [-0.1, -0.05) is 12.1 Å². The van der Waals surface area contributed by atoms with E-state index in [2.05, 4.69) is 4.90 Å². The molecule has 2 aromatic rings. The number of ether oxygens (including phenoxy) is 1. The molecule has 0 atom stereocenters. The van der Waals surface area contributed by atoms with Gasteiger partial charge in [0, 0.05) is 31.9 Å². The Labute approximate surface area is 139 Å². The lowest BCUT2D eigenvalue weighted by Crippen LogP contribution is -2.50. The fourth-order valence-electron chi connectivity index (χ4n) is 2.66. The van der Waals surface area contributed by atoms with Crippen LogP contribution in [-0.4, -0.2) is 43.6 Å². The highest BCUT2D eigenvalue weighted by Gasteiger charge is 2.21. The van der Waals surface area contributed by atoms with Gasteiger partial charge in [0.25, 0.3) is 5.91 Å². The third-order valence-corrected chi connectivity index (χ3v) is 4.01. The molecule has 0 unspecified atom stereocenters. The van der Waals surface area contributed by atoms with Gasteiger partial charge in [0.2, 0.25) is 0 Å². The normalized spacial score (nSPS) is 14.6. The van der Waals surface area contributed by atoms with Gasteiger partial charge in [0.05, 0.1) is 0 Å². The number of hydrogen-bond acceptors (Lipinski definition) is 3. The molecule has 1 aliphatic heterocycles. The largest absolute Gasteiger partial charge is 0.481 e. The summed E-state index contributed by atoms with van der Waals surface area (Å²) >= 11 is 0. The predicted molar refractivity (Wildman–Crippen MR) is 87.1 cm³/mol. The molecule has 0 aromatic heterocycles. The molecule has 6 heteroatoms. The predicted octanol–water partition coefficient (Wildman–Crippen LogP) is 2.69. The van der Waals surface area contributed by atoms with E-state index in [4.69, 9.17) is 4.74 Å². The van der Waals surface area contributed by atoms with Crippen molar-refractivity contribution in [3.05, 3.63) is 60.2 Å². The van der Waals surface area contributed by atoms with E-state index >= 15 is 0 Å². The Morgan fingerprint density at radius 2 is 1.62 bits per heavy atom. The fraction of sp³-hybridized carbons (Fsp3) is 0.278. The summed E-state index contributed by atoms with van der Waals surface area (Å²) in [5.74, 6) is -0.836. The molecule has 1 fully saturated rings. The van der Waals surface area contributed by atoms with Gasteiger partial charge in [0.15, 0.2) is 18.2 Å². The van der Waals surface area contributed by atoms with E-state index in [-0.39, 0.29) is 24.1 Å². The maximum absolute atomic E-state index is 13.5. The number of carbonyl (C=O) groups excluding carboxylic acids is 1. The van der Waals surface area contributed by atoms with Gasteiger partial charge in [-0.25, -0.2) is 8.78 Å². The smallest absolute Gasteiger partial charge is 0.260 e. The van der Waals surface area contributed by atoms with Gasteiger partial charge in [-0.2, -0.15) is 0 Å². The second kappa shape index (κ2) is 7.29. The number of rotatable bonds is 4. The van der Waals surface area contributed by atoms with E-state index in [1.807, 2.05) is 0 Å². The van der Waals surface area contributed by atoms with Crippen LogP contribution in [-0.2, 0) is 4.79 Å². The van der Waals surface area contributed by atoms with Crippen LogP contribution in [0.1, 0.15) is 0 Å². The summed E-state index contributed by atoms with van der Waals surface area (Å²) in [5, 5.41) is 0. The van der Waals surface area contributed by atoms with Crippen molar-refractivity contribution in [3.8, 4) is 5.75 Å². The number of benzene rings is 2. The number of halogens is 2. The number of amides is 1. The van der Waals surface area contributed by atoms with Crippen LogP contribution in [0.3, 0.4) is 0 Å². The minimum Gasteiger partial charge on any atom is -0.481 e. The summed E-state index contributed by atoms with van der Waals surface area (Å²) in [6.45, 7) is 2.25. The molecule has 24 heavy (non-hydrogen) atoms. The van der Waals surface area contributed by atoms with Crippen molar-refractivity contribution < 1.29 is 18.3 Å². The van der Waals surface area contributed by atoms with Crippen molar-refractivity contribution in [1.29, 1.82) is 0 Å². The molecule has 0 spiro atoms. The van der Waals surface area contributed by atoms with Crippen molar-refractivity contribution in [1.82, 2.24) is 4.90 Å². The van der Waals surface area contributed by atoms with Gasteiger partial charge < -0.3 is 14.5 Å². The number of carbonyl (C=O) groups is 1. The molecule has 4 nitrogen and oxygen atoms in total. The van der Waals surface area contributed by atoms with Crippen LogP contribution in [0.2, 0.25) is 0 Å². The molecule has 126 valence electrons. The third kappa shape index (κ3) is 3.82. The first-order chi connectivity index (χ1) is 11.6. The lowest BCUT2D eigenvalue weighted by Gasteiger charge is -2.36. The van der Waals surface area contributed by atoms with E-state index in [0.29, 0.717) is 26.2 Å². The van der Waals surface area contributed by atoms with Crippen LogP contribution in [0.4, 0.5) is 14.5 Å². The molecule has 1 aliphatic rings. The standard InChI is InChI=1S/C18H18F2N2O2/c19-14-5-7-15(8-6-14)21-9-11-22(12-10-21)18(23)13-24-17-4-2-1-3-16(17)20/h1-8H,9-13H2. The molecule has 0 aliphatic carbocycles. The topological polar surface area (TPSA) is 32.8 Å². The van der Waals surface area contributed by atoms with Crippen LogP contribution < -0.4 is 9.64 Å². The second-order valence-electron chi connectivity index (χ2n) is 5.56. The third-order valence-electron chi connectivity index (χ3n) is 4.01. The molecule has 0 saturated carbocycles. The van der Waals surface area contributed by atoms with Crippen molar-refractivity contribution in [2.75, 3.05) is 37.7 Å². The second-order valence-corrected chi connectivity index (χ2v) is 5.56. The average Bonchev–Trinajstić information content (AvgIpc) is 2.62. The number of para-hydroxylation sites is 1. The zero-order chi connectivity index (χ0) is 16.9.